The van der Waals surface area contributed by atoms with Crippen molar-refractivity contribution < 1.29 is 0 Å². The largest absolute Gasteiger partial charge is 0.368 e. The first-order chi connectivity index (χ1) is 10.9. The molecule has 0 amide bonds. The molecule has 0 saturated heterocycles. The fraction of sp³-hybridized carbons (Fsp3) is 0.133. The zero-order valence-corrected chi connectivity index (χ0v) is 14.7. The SMILES string of the molecule is Cc1nc(N(C)c2cc(Cl)cc(Cl)c2)sc1-c1ccnc(N)n1. The second-order valence-corrected chi connectivity index (χ2v) is 6.75. The molecule has 23 heavy (non-hydrogen) atoms. The van der Waals surface area contributed by atoms with Crippen LogP contribution in [0, 0.1) is 6.92 Å². The maximum absolute atomic E-state index is 6.07. The first-order valence-electron chi connectivity index (χ1n) is 6.70. The fourth-order valence-corrected chi connectivity index (χ4v) is 3.64. The van der Waals surface area contributed by atoms with Gasteiger partial charge in [-0.1, -0.05) is 34.5 Å². The average molecular weight is 366 g/mol. The summed E-state index contributed by atoms with van der Waals surface area (Å²) < 4.78 is 0. The number of nitrogen functional groups attached to an aromatic ring is 1. The molecule has 0 aliphatic rings. The van der Waals surface area contributed by atoms with Crippen molar-refractivity contribution in [3.05, 3.63) is 46.2 Å². The monoisotopic (exact) mass is 365 g/mol. The molecule has 0 spiro atoms. The van der Waals surface area contributed by atoms with Gasteiger partial charge in [-0.25, -0.2) is 15.0 Å². The van der Waals surface area contributed by atoms with E-state index in [0.29, 0.717) is 10.0 Å². The van der Waals surface area contributed by atoms with Gasteiger partial charge in [0.2, 0.25) is 5.95 Å². The number of halogens is 2. The lowest BCUT2D eigenvalue weighted by atomic mass is 10.3. The van der Waals surface area contributed by atoms with Gasteiger partial charge in [0.25, 0.3) is 0 Å². The third-order valence-electron chi connectivity index (χ3n) is 3.21. The van der Waals surface area contributed by atoms with Crippen LogP contribution in [0.5, 0.6) is 0 Å². The quantitative estimate of drug-likeness (QED) is 0.736. The Bertz CT molecular complexity index is 845. The van der Waals surface area contributed by atoms with Gasteiger partial charge in [0, 0.05) is 29.0 Å². The van der Waals surface area contributed by atoms with Crippen LogP contribution in [-0.4, -0.2) is 22.0 Å². The molecule has 0 aliphatic carbocycles. The normalized spacial score (nSPS) is 10.8. The van der Waals surface area contributed by atoms with Gasteiger partial charge in [0.05, 0.1) is 16.3 Å². The number of nitrogens with two attached hydrogens (primary N) is 1. The third-order valence-corrected chi connectivity index (χ3v) is 4.91. The van der Waals surface area contributed by atoms with Crippen molar-refractivity contribution >= 4 is 51.3 Å². The molecule has 2 aromatic heterocycles. The van der Waals surface area contributed by atoms with Crippen LogP contribution in [0.2, 0.25) is 10.0 Å². The molecular weight excluding hydrogens is 353 g/mol. The molecule has 2 heterocycles. The van der Waals surface area contributed by atoms with E-state index in [4.69, 9.17) is 28.9 Å². The van der Waals surface area contributed by atoms with E-state index in [2.05, 4.69) is 15.0 Å². The lowest BCUT2D eigenvalue weighted by Gasteiger charge is -2.16. The number of nitrogens with zero attached hydrogens (tertiary/aromatic N) is 4. The lowest BCUT2D eigenvalue weighted by molar-refractivity contribution is 1.14. The summed E-state index contributed by atoms with van der Waals surface area (Å²) in [5.41, 5.74) is 8.16. The van der Waals surface area contributed by atoms with E-state index in [-0.39, 0.29) is 5.95 Å². The van der Waals surface area contributed by atoms with Crippen LogP contribution in [0.3, 0.4) is 0 Å². The van der Waals surface area contributed by atoms with Crippen molar-refractivity contribution in [3.63, 3.8) is 0 Å². The molecule has 2 N–H and O–H groups in total. The van der Waals surface area contributed by atoms with Crippen molar-refractivity contribution in [3.8, 4) is 10.6 Å². The van der Waals surface area contributed by atoms with E-state index in [1.54, 1.807) is 12.3 Å². The molecule has 0 atom stereocenters. The molecule has 3 aromatic rings. The Morgan fingerprint density at radius 2 is 1.83 bits per heavy atom. The molecule has 1 aromatic carbocycles. The smallest absolute Gasteiger partial charge is 0.220 e. The lowest BCUT2D eigenvalue weighted by Crippen LogP contribution is -2.08. The number of benzene rings is 1. The molecule has 0 aliphatic heterocycles. The van der Waals surface area contributed by atoms with Crippen LogP contribution >= 0.6 is 34.5 Å². The second-order valence-electron chi connectivity index (χ2n) is 4.90. The van der Waals surface area contributed by atoms with E-state index < -0.39 is 0 Å². The summed E-state index contributed by atoms with van der Waals surface area (Å²) >= 11 is 13.7. The van der Waals surface area contributed by atoms with Crippen molar-refractivity contribution in [1.82, 2.24) is 15.0 Å². The Morgan fingerprint density at radius 3 is 2.48 bits per heavy atom. The Labute approximate surface area is 147 Å². The highest BCUT2D eigenvalue weighted by Gasteiger charge is 2.16. The summed E-state index contributed by atoms with van der Waals surface area (Å²) in [5, 5.41) is 1.97. The number of rotatable bonds is 3. The molecule has 0 bridgehead atoms. The Morgan fingerprint density at radius 1 is 1.13 bits per heavy atom. The summed E-state index contributed by atoms with van der Waals surface area (Å²) in [5.74, 6) is 0.242. The zero-order valence-electron chi connectivity index (χ0n) is 12.4. The molecule has 0 fully saturated rings. The van der Waals surface area contributed by atoms with E-state index in [1.165, 1.54) is 11.3 Å². The number of hydrogen-bond donors (Lipinski definition) is 1. The summed E-state index contributed by atoms with van der Waals surface area (Å²) in [6.45, 7) is 1.94. The number of aryl methyl sites for hydroxylation is 1. The highest BCUT2D eigenvalue weighted by molar-refractivity contribution is 7.19. The average Bonchev–Trinajstić information content (AvgIpc) is 2.87. The van der Waals surface area contributed by atoms with E-state index in [1.807, 2.05) is 37.1 Å². The van der Waals surface area contributed by atoms with Crippen LogP contribution in [-0.2, 0) is 0 Å². The van der Waals surface area contributed by atoms with Gasteiger partial charge in [0.15, 0.2) is 5.13 Å². The molecule has 118 valence electrons. The predicted molar refractivity (Wildman–Crippen MR) is 96.8 cm³/mol. The molecule has 5 nitrogen and oxygen atoms in total. The maximum Gasteiger partial charge on any atom is 0.220 e. The first kappa shape index (κ1) is 16.0. The van der Waals surface area contributed by atoms with Crippen LogP contribution in [0.25, 0.3) is 10.6 Å². The molecule has 3 rings (SSSR count). The first-order valence-corrected chi connectivity index (χ1v) is 8.27. The molecule has 8 heteroatoms. The van der Waals surface area contributed by atoms with Gasteiger partial charge in [-0.15, -0.1) is 0 Å². The Kier molecular flexibility index (Phi) is 4.39. The van der Waals surface area contributed by atoms with E-state index >= 15 is 0 Å². The van der Waals surface area contributed by atoms with Crippen molar-refractivity contribution in [1.29, 1.82) is 0 Å². The second kappa shape index (κ2) is 6.31. The van der Waals surface area contributed by atoms with Crippen molar-refractivity contribution in [2.75, 3.05) is 17.7 Å². The highest BCUT2D eigenvalue weighted by atomic mass is 35.5. The van der Waals surface area contributed by atoms with Gasteiger partial charge in [-0.2, -0.15) is 0 Å². The van der Waals surface area contributed by atoms with Crippen LogP contribution < -0.4 is 10.6 Å². The Balaban J connectivity index is 2.00. The minimum atomic E-state index is 0.242. The summed E-state index contributed by atoms with van der Waals surface area (Å²) in [6.07, 6.45) is 1.64. The van der Waals surface area contributed by atoms with E-state index in [9.17, 15) is 0 Å². The molecule has 0 radical (unpaired) electrons. The van der Waals surface area contributed by atoms with Gasteiger partial charge in [-0.05, 0) is 31.2 Å². The summed E-state index contributed by atoms with van der Waals surface area (Å²) in [7, 11) is 1.92. The minimum Gasteiger partial charge on any atom is -0.368 e. The topological polar surface area (TPSA) is 67.9 Å². The van der Waals surface area contributed by atoms with Gasteiger partial charge < -0.3 is 10.6 Å². The predicted octanol–water partition coefficient (Wildman–Crippen LogP) is 4.57. The van der Waals surface area contributed by atoms with Gasteiger partial charge >= 0.3 is 0 Å². The number of aromatic nitrogens is 3. The molecule has 0 unspecified atom stereocenters. The Hall–Kier alpha value is -1.89. The van der Waals surface area contributed by atoms with Gasteiger partial charge in [0.1, 0.15) is 0 Å². The number of thiazole rings is 1. The van der Waals surface area contributed by atoms with E-state index in [0.717, 1.165) is 27.1 Å². The molecular formula is C15H13Cl2N5S. The standard InChI is InChI=1S/C15H13Cl2N5S/c1-8-13(12-3-4-19-14(18)21-12)23-15(20-8)22(2)11-6-9(16)5-10(17)7-11/h3-7H,1-2H3,(H2,18,19,21). The van der Waals surface area contributed by atoms with Crippen LogP contribution in [0.4, 0.5) is 16.8 Å². The van der Waals surface area contributed by atoms with Crippen molar-refractivity contribution in [2.24, 2.45) is 0 Å². The van der Waals surface area contributed by atoms with Gasteiger partial charge in [-0.3, -0.25) is 0 Å². The number of hydrogen-bond acceptors (Lipinski definition) is 6. The highest BCUT2D eigenvalue weighted by Crippen LogP contribution is 2.37. The summed E-state index contributed by atoms with van der Waals surface area (Å²) in [4.78, 5) is 15.7. The summed E-state index contributed by atoms with van der Waals surface area (Å²) in [6, 6.07) is 7.19. The van der Waals surface area contributed by atoms with Crippen molar-refractivity contribution in [2.45, 2.75) is 6.92 Å². The zero-order chi connectivity index (χ0) is 16.6. The number of anilines is 3. The van der Waals surface area contributed by atoms with Crippen LogP contribution in [0.1, 0.15) is 5.69 Å². The van der Waals surface area contributed by atoms with Crippen LogP contribution in [0.15, 0.2) is 30.5 Å². The minimum absolute atomic E-state index is 0.242. The fourth-order valence-electron chi connectivity index (χ4n) is 2.11. The molecule has 0 saturated carbocycles. The third kappa shape index (κ3) is 3.39. The maximum atomic E-state index is 6.07.